The maximum atomic E-state index is 12.9. The van der Waals surface area contributed by atoms with Crippen LogP contribution in [-0.2, 0) is 20.9 Å². The summed E-state index contributed by atoms with van der Waals surface area (Å²) < 4.78 is 16.7. The summed E-state index contributed by atoms with van der Waals surface area (Å²) in [6.07, 6.45) is 2.08. The van der Waals surface area contributed by atoms with E-state index in [-0.39, 0.29) is 12.0 Å². The zero-order valence-corrected chi connectivity index (χ0v) is 17.3. The summed E-state index contributed by atoms with van der Waals surface area (Å²) in [6.45, 7) is 0.419. The van der Waals surface area contributed by atoms with Crippen LogP contribution in [0.15, 0.2) is 54.6 Å². The summed E-state index contributed by atoms with van der Waals surface area (Å²) in [5.41, 5.74) is 1.46. The van der Waals surface area contributed by atoms with E-state index in [0.717, 1.165) is 18.4 Å². The lowest BCUT2D eigenvalue weighted by Gasteiger charge is -2.40. The van der Waals surface area contributed by atoms with E-state index in [2.05, 4.69) is 4.90 Å². The highest BCUT2D eigenvalue weighted by molar-refractivity contribution is 5.90. The molecule has 2 aliphatic heterocycles. The van der Waals surface area contributed by atoms with Crippen LogP contribution in [0.2, 0.25) is 0 Å². The predicted molar refractivity (Wildman–Crippen MR) is 111 cm³/mol. The van der Waals surface area contributed by atoms with Crippen molar-refractivity contribution in [3.8, 4) is 5.75 Å². The standard InChI is InChI=1S/C24H27NO5/c1-25-18-11-12-20(25)22(24(27)28-2)21(14-18)30-23(26)17-9-6-10-19(13-17)29-15-16-7-4-3-5-8-16/h3-10,13,18,20-22H,11-12,14-15H2,1-2H3/t18-,20+,21-,22+/m0/s1. The number of rotatable bonds is 6. The minimum Gasteiger partial charge on any atom is -0.489 e. The average Bonchev–Trinajstić information content (AvgIpc) is 3.01. The molecule has 0 N–H and O–H groups in total. The van der Waals surface area contributed by atoms with Gasteiger partial charge in [0.25, 0.3) is 0 Å². The molecule has 0 aliphatic carbocycles. The quantitative estimate of drug-likeness (QED) is 0.681. The van der Waals surface area contributed by atoms with Crippen LogP contribution in [0.4, 0.5) is 0 Å². The van der Waals surface area contributed by atoms with Crippen LogP contribution in [0.3, 0.4) is 0 Å². The second-order valence-electron chi connectivity index (χ2n) is 7.99. The normalized spacial score (nSPS) is 25.5. The molecular weight excluding hydrogens is 382 g/mol. The lowest BCUT2D eigenvalue weighted by atomic mass is 9.87. The second kappa shape index (κ2) is 8.88. The van der Waals surface area contributed by atoms with E-state index in [1.54, 1.807) is 18.2 Å². The zero-order valence-electron chi connectivity index (χ0n) is 17.3. The van der Waals surface area contributed by atoms with Crippen molar-refractivity contribution >= 4 is 11.9 Å². The number of ether oxygens (including phenoxy) is 3. The zero-order chi connectivity index (χ0) is 21.1. The number of esters is 2. The molecule has 2 heterocycles. The highest BCUT2D eigenvalue weighted by atomic mass is 16.6. The molecule has 4 atom stereocenters. The molecule has 2 saturated heterocycles. The lowest BCUT2D eigenvalue weighted by Crippen LogP contribution is -2.53. The number of fused-ring (bicyclic) bond motifs is 2. The lowest BCUT2D eigenvalue weighted by molar-refractivity contribution is -0.156. The SMILES string of the molecule is COC(=O)[C@H]1[C@@H](OC(=O)c2cccc(OCc3ccccc3)c2)C[C@@H]2CC[C@H]1N2C. The van der Waals surface area contributed by atoms with E-state index in [4.69, 9.17) is 14.2 Å². The number of nitrogens with zero attached hydrogens (tertiary/aromatic N) is 1. The van der Waals surface area contributed by atoms with E-state index in [1.165, 1.54) is 7.11 Å². The monoisotopic (exact) mass is 409 g/mol. The predicted octanol–water partition coefficient (Wildman–Crippen LogP) is 3.45. The van der Waals surface area contributed by atoms with Crippen LogP contribution < -0.4 is 4.74 Å². The van der Waals surface area contributed by atoms with Gasteiger partial charge in [-0.2, -0.15) is 0 Å². The Morgan fingerprint density at radius 3 is 2.63 bits per heavy atom. The summed E-state index contributed by atoms with van der Waals surface area (Å²) >= 11 is 0. The number of piperidine rings is 1. The maximum Gasteiger partial charge on any atom is 0.338 e. The maximum absolute atomic E-state index is 12.9. The molecule has 30 heavy (non-hydrogen) atoms. The van der Waals surface area contributed by atoms with Crippen molar-refractivity contribution in [2.24, 2.45) is 5.92 Å². The van der Waals surface area contributed by atoms with E-state index in [0.29, 0.717) is 30.4 Å². The smallest absolute Gasteiger partial charge is 0.338 e. The van der Waals surface area contributed by atoms with Crippen molar-refractivity contribution in [3.05, 3.63) is 65.7 Å². The summed E-state index contributed by atoms with van der Waals surface area (Å²) in [7, 11) is 3.42. The largest absolute Gasteiger partial charge is 0.489 e. The molecule has 2 aromatic carbocycles. The molecule has 2 aromatic rings. The fourth-order valence-electron chi connectivity index (χ4n) is 4.65. The molecule has 158 valence electrons. The van der Waals surface area contributed by atoms with Crippen LogP contribution in [0, 0.1) is 5.92 Å². The van der Waals surface area contributed by atoms with E-state index in [1.807, 2.05) is 43.4 Å². The Balaban J connectivity index is 1.44. The number of carbonyl (C=O) groups excluding carboxylic acids is 2. The van der Waals surface area contributed by atoms with Gasteiger partial charge in [-0.25, -0.2) is 4.79 Å². The van der Waals surface area contributed by atoms with Gasteiger partial charge in [-0.15, -0.1) is 0 Å². The average molecular weight is 409 g/mol. The van der Waals surface area contributed by atoms with Gasteiger partial charge in [0.15, 0.2) is 0 Å². The van der Waals surface area contributed by atoms with E-state index in [9.17, 15) is 9.59 Å². The Labute approximate surface area is 176 Å². The molecule has 0 saturated carbocycles. The third-order valence-electron chi connectivity index (χ3n) is 6.26. The van der Waals surface area contributed by atoms with Gasteiger partial charge in [0.2, 0.25) is 0 Å². The van der Waals surface area contributed by atoms with Crippen molar-refractivity contribution < 1.29 is 23.8 Å². The van der Waals surface area contributed by atoms with Crippen LogP contribution >= 0.6 is 0 Å². The fraction of sp³-hybridized carbons (Fsp3) is 0.417. The van der Waals surface area contributed by atoms with Crippen molar-refractivity contribution in [1.29, 1.82) is 0 Å². The number of hydrogen-bond acceptors (Lipinski definition) is 6. The Morgan fingerprint density at radius 1 is 1.07 bits per heavy atom. The van der Waals surface area contributed by atoms with Gasteiger partial charge in [0.1, 0.15) is 24.4 Å². The number of methoxy groups -OCH3 is 1. The van der Waals surface area contributed by atoms with E-state index >= 15 is 0 Å². The minimum absolute atomic E-state index is 0.0505. The molecule has 0 spiro atoms. The third kappa shape index (κ3) is 4.19. The molecule has 0 unspecified atom stereocenters. The first kappa shape index (κ1) is 20.4. The highest BCUT2D eigenvalue weighted by Crippen LogP contribution is 2.40. The van der Waals surface area contributed by atoms with Gasteiger partial charge >= 0.3 is 11.9 Å². The molecule has 6 heteroatoms. The first-order chi connectivity index (χ1) is 14.6. The Hall–Kier alpha value is -2.86. The first-order valence-electron chi connectivity index (χ1n) is 10.3. The van der Waals surface area contributed by atoms with Gasteiger partial charge in [-0.3, -0.25) is 9.69 Å². The van der Waals surface area contributed by atoms with Crippen molar-refractivity contribution in [2.45, 2.75) is 44.1 Å². The minimum atomic E-state index is -0.479. The van der Waals surface area contributed by atoms with Crippen molar-refractivity contribution in [2.75, 3.05) is 14.2 Å². The Morgan fingerprint density at radius 2 is 1.87 bits per heavy atom. The highest BCUT2D eigenvalue weighted by Gasteiger charge is 2.51. The molecule has 4 rings (SSSR count). The molecule has 0 radical (unpaired) electrons. The van der Waals surface area contributed by atoms with Crippen molar-refractivity contribution in [1.82, 2.24) is 4.90 Å². The molecule has 2 bridgehead atoms. The van der Waals surface area contributed by atoms with Crippen LogP contribution in [-0.4, -0.2) is 49.2 Å². The molecule has 0 aromatic heterocycles. The Bertz CT molecular complexity index is 899. The van der Waals surface area contributed by atoms with Gasteiger partial charge in [0, 0.05) is 18.5 Å². The number of carbonyl (C=O) groups is 2. The molecule has 2 fully saturated rings. The Kier molecular flexibility index (Phi) is 6.04. The second-order valence-corrected chi connectivity index (χ2v) is 7.99. The van der Waals surface area contributed by atoms with E-state index < -0.39 is 18.0 Å². The van der Waals surface area contributed by atoms with Gasteiger partial charge < -0.3 is 14.2 Å². The van der Waals surface area contributed by atoms with Crippen LogP contribution in [0.5, 0.6) is 5.75 Å². The van der Waals surface area contributed by atoms with Gasteiger partial charge in [-0.1, -0.05) is 36.4 Å². The summed E-state index contributed by atoms with van der Waals surface area (Å²) in [4.78, 5) is 27.5. The topological polar surface area (TPSA) is 65.1 Å². The molecule has 6 nitrogen and oxygen atoms in total. The fourth-order valence-corrected chi connectivity index (χ4v) is 4.65. The third-order valence-corrected chi connectivity index (χ3v) is 6.26. The number of benzene rings is 2. The summed E-state index contributed by atoms with van der Waals surface area (Å²) in [5.74, 6) is -0.616. The summed E-state index contributed by atoms with van der Waals surface area (Å²) in [5, 5.41) is 0. The number of hydrogen-bond donors (Lipinski definition) is 0. The van der Waals surface area contributed by atoms with Crippen LogP contribution in [0.1, 0.15) is 35.2 Å². The van der Waals surface area contributed by atoms with Gasteiger partial charge in [-0.05, 0) is 43.7 Å². The first-order valence-corrected chi connectivity index (χ1v) is 10.3. The molecule has 2 aliphatic rings. The molecular formula is C24H27NO5. The van der Waals surface area contributed by atoms with Crippen molar-refractivity contribution in [3.63, 3.8) is 0 Å². The molecule has 0 amide bonds. The summed E-state index contributed by atoms with van der Waals surface area (Å²) in [6, 6.07) is 17.2. The van der Waals surface area contributed by atoms with Gasteiger partial charge in [0.05, 0.1) is 12.7 Å². The van der Waals surface area contributed by atoms with Crippen LogP contribution in [0.25, 0.3) is 0 Å².